The second kappa shape index (κ2) is 9.77. The zero-order valence-electron chi connectivity index (χ0n) is 17.4. The van der Waals surface area contributed by atoms with Crippen molar-refractivity contribution < 1.29 is 18.8 Å². The number of cyclic esters (lactones) is 1. The van der Waals surface area contributed by atoms with Crippen molar-refractivity contribution in [1.82, 2.24) is 30.7 Å². The molecule has 1 fully saturated rings. The molecule has 1 aromatic carbocycles. The molecule has 3 N–H and O–H groups in total. The number of amides is 1. The van der Waals surface area contributed by atoms with Gasteiger partial charge in [0.2, 0.25) is 5.82 Å². The Bertz CT molecular complexity index is 1070. The molecule has 0 unspecified atom stereocenters. The second-order valence-electron chi connectivity index (χ2n) is 7.12. The van der Waals surface area contributed by atoms with Crippen molar-refractivity contribution in [1.29, 1.82) is 0 Å². The van der Waals surface area contributed by atoms with Gasteiger partial charge in [-0.1, -0.05) is 6.07 Å². The molecule has 1 aliphatic rings. The summed E-state index contributed by atoms with van der Waals surface area (Å²) in [6.07, 6.45) is 1.38. The third kappa shape index (κ3) is 4.72. The van der Waals surface area contributed by atoms with Crippen molar-refractivity contribution >= 4 is 11.8 Å². The molecular formula is C20H23FN8O3. The van der Waals surface area contributed by atoms with Gasteiger partial charge >= 0.3 is 6.09 Å². The second-order valence-corrected chi connectivity index (χ2v) is 7.12. The molecular weight excluding hydrogens is 419 g/mol. The minimum atomic E-state index is -0.530. The predicted molar refractivity (Wildman–Crippen MR) is 113 cm³/mol. The van der Waals surface area contributed by atoms with Crippen LogP contribution < -0.4 is 16.1 Å². The van der Waals surface area contributed by atoms with Crippen molar-refractivity contribution in [2.45, 2.75) is 19.1 Å². The first-order valence-corrected chi connectivity index (χ1v) is 10.1. The van der Waals surface area contributed by atoms with Crippen LogP contribution in [0.15, 0.2) is 36.5 Å². The summed E-state index contributed by atoms with van der Waals surface area (Å²) >= 11 is 0. The number of halogens is 1. The quantitative estimate of drug-likeness (QED) is 0.471. The number of benzene rings is 1. The van der Waals surface area contributed by atoms with Gasteiger partial charge in [-0.25, -0.2) is 9.18 Å². The number of carbonyl (C=O) groups excluding carboxylic acids is 1. The van der Waals surface area contributed by atoms with Crippen LogP contribution in [0, 0.1) is 5.82 Å². The van der Waals surface area contributed by atoms with Crippen LogP contribution >= 0.6 is 0 Å². The van der Waals surface area contributed by atoms with E-state index in [0.29, 0.717) is 54.5 Å². The van der Waals surface area contributed by atoms with Crippen LogP contribution in [-0.4, -0.2) is 64.1 Å². The van der Waals surface area contributed by atoms with Gasteiger partial charge < -0.3 is 15.3 Å². The van der Waals surface area contributed by atoms with Crippen molar-refractivity contribution in [3.63, 3.8) is 0 Å². The van der Waals surface area contributed by atoms with Gasteiger partial charge in [-0.2, -0.15) is 10.3 Å². The van der Waals surface area contributed by atoms with Crippen molar-refractivity contribution in [2.24, 2.45) is 5.73 Å². The van der Waals surface area contributed by atoms with Crippen LogP contribution in [0.5, 0.6) is 0 Å². The molecule has 12 heteroatoms. The highest BCUT2D eigenvalue weighted by atomic mass is 19.1. The van der Waals surface area contributed by atoms with E-state index in [1.165, 1.54) is 22.9 Å². The van der Waals surface area contributed by atoms with E-state index in [1.54, 1.807) is 30.5 Å². The zero-order chi connectivity index (χ0) is 22.5. The first-order valence-electron chi connectivity index (χ1n) is 10.1. The summed E-state index contributed by atoms with van der Waals surface area (Å²) in [7, 11) is 1.48. The van der Waals surface area contributed by atoms with Crippen LogP contribution in [0.2, 0.25) is 0 Å². The zero-order valence-corrected chi connectivity index (χ0v) is 17.4. The Balaban J connectivity index is 1.47. The lowest BCUT2D eigenvalue weighted by atomic mass is 10.1. The maximum Gasteiger partial charge on any atom is 0.414 e. The normalized spacial score (nSPS) is 15.9. The lowest BCUT2D eigenvalue weighted by Gasteiger charge is -2.14. The van der Waals surface area contributed by atoms with Gasteiger partial charge in [0, 0.05) is 17.3 Å². The maximum atomic E-state index is 14.9. The van der Waals surface area contributed by atoms with E-state index in [-0.39, 0.29) is 6.10 Å². The van der Waals surface area contributed by atoms with E-state index < -0.39 is 11.9 Å². The van der Waals surface area contributed by atoms with Crippen LogP contribution in [0.1, 0.15) is 6.42 Å². The third-order valence-electron chi connectivity index (χ3n) is 4.91. The van der Waals surface area contributed by atoms with E-state index in [2.05, 4.69) is 25.9 Å². The standard InChI is InChI=1S/C20H23FN8O3/c1-31-24-11-15-12-28(20(30)32-15)14-4-5-16(17(21)9-14)13-3-6-18(23-10-13)19-25-27-29(26-19)8-2-7-22/h3-6,9-10,15,24H,2,7-8,11-12,22H2,1H3/t15-/m0/s1. The summed E-state index contributed by atoms with van der Waals surface area (Å²) in [6.45, 7) is 1.75. The lowest BCUT2D eigenvalue weighted by molar-refractivity contribution is 0.0551. The molecule has 1 saturated heterocycles. The first-order chi connectivity index (χ1) is 15.6. The molecule has 1 aliphatic heterocycles. The smallest absolute Gasteiger partial charge is 0.414 e. The topological polar surface area (TPSA) is 133 Å². The fraction of sp³-hybridized carbons (Fsp3) is 0.350. The molecule has 32 heavy (non-hydrogen) atoms. The van der Waals surface area contributed by atoms with Gasteiger partial charge in [0.15, 0.2) is 0 Å². The highest BCUT2D eigenvalue weighted by Crippen LogP contribution is 2.29. The van der Waals surface area contributed by atoms with Crippen molar-refractivity contribution in [3.05, 3.63) is 42.3 Å². The third-order valence-corrected chi connectivity index (χ3v) is 4.91. The van der Waals surface area contributed by atoms with Gasteiger partial charge in [0.1, 0.15) is 17.6 Å². The number of ether oxygens (including phenoxy) is 1. The fourth-order valence-electron chi connectivity index (χ4n) is 3.28. The molecule has 0 radical (unpaired) electrons. The number of nitrogens with two attached hydrogens (primary N) is 1. The largest absolute Gasteiger partial charge is 0.442 e. The fourth-order valence-corrected chi connectivity index (χ4v) is 3.28. The summed E-state index contributed by atoms with van der Waals surface area (Å²) < 4.78 is 20.1. The van der Waals surface area contributed by atoms with Crippen molar-refractivity contribution in [3.8, 4) is 22.6 Å². The van der Waals surface area contributed by atoms with Crippen LogP contribution in [0.4, 0.5) is 14.9 Å². The molecule has 0 aliphatic carbocycles. The number of hydrogen-bond donors (Lipinski definition) is 2. The van der Waals surface area contributed by atoms with E-state index in [9.17, 15) is 9.18 Å². The molecule has 3 aromatic rings. The van der Waals surface area contributed by atoms with Gasteiger partial charge in [-0.3, -0.25) is 9.88 Å². The minimum Gasteiger partial charge on any atom is -0.442 e. The molecule has 4 rings (SSSR count). The molecule has 168 valence electrons. The maximum absolute atomic E-state index is 14.9. The predicted octanol–water partition coefficient (Wildman–Crippen LogP) is 1.37. The molecule has 1 atom stereocenters. The average Bonchev–Trinajstić information content (AvgIpc) is 3.43. The summed E-state index contributed by atoms with van der Waals surface area (Å²) in [5.74, 6) is -0.0939. The number of hydroxylamine groups is 1. The van der Waals surface area contributed by atoms with Crippen LogP contribution in [0.25, 0.3) is 22.6 Å². The first kappa shape index (κ1) is 21.7. The molecule has 11 nitrogen and oxygen atoms in total. The highest BCUT2D eigenvalue weighted by Gasteiger charge is 2.32. The van der Waals surface area contributed by atoms with E-state index in [4.69, 9.17) is 15.3 Å². The Morgan fingerprint density at radius 1 is 1.34 bits per heavy atom. The number of nitrogens with zero attached hydrogens (tertiary/aromatic N) is 6. The number of anilines is 1. The number of rotatable bonds is 9. The molecule has 3 heterocycles. The number of hydrogen-bond acceptors (Lipinski definition) is 9. The summed E-state index contributed by atoms with van der Waals surface area (Å²) in [5, 5.41) is 12.2. The number of nitrogens with one attached hydrogen (secondary N) is 1. The van der Waals surface area contributed by atoms with E-state index >= 15 is 0 Å². The SMILES string of the molecule is CONC[C@H]1CN(c2ccc(-c3ccc(-c4nnn(CCCN)n4)nc3)c(F)c2)C(=O)O1. The Morgan fingerprint density at radius 3 is 2.94 bits per heavy atom. The molecule has 0 bridgehead atoms. The number of aromatic nitrogens is 5. The van der Waals surface area contributed by atoms with Gasteiger partial charge in [0.05, 0.1) is 32.4 Å². The van der Waals surface area contributed by atoms with Crippen LogP contribution in [-0.2, 0) is 16.1 Å². The van der Waals surface area contributed by atoms with E-state index in [1.807, 2.05) is 0 Å². The molecule has 1 amide bonds. The summed E-state index contributed by atoms with van der Waals surface area (Å²) in [6, 6.07) is 8.03. The highest BCUT2D eigenvalue weighted by molar-refractivity contribution is 5.90. The Kier molecular flexibility index (Phi) is 6.63. The van der Waals surface area contributed by atoms with Gasteiger partial charge in [-0.05, 0) is 42.4 Å². The Hall–Kier alpha value is -3.48. The monoisotopic (exact) mass is 442 g/mol. The lowest BCUT2D eigenvalue weighted by Crippen LogP contribution is -2.30. The minimum absolute atomic E-state index is 0.295. The summed E-state index contributed by atoms with van der Waals surface area (Å²) in [5.41, 5.74) is 10.0. The molecule has 0 spiro atoms. The summed E-state index contributed by atoms with van der Waals surface area (Å²) in [4.78, 5) is 24.1. The number of tetrazole rings is 1. The van der Waals surface area contributed by atoms with Gasteiger partial charge in [-0.15, -0.1) is 10.2 Å². The molecule has 0 saturated carbocycles. The Labute approximate surface area is 183 Å². The van der Waals surface area contributed by atoms with Crippen molar-refractivity contribution in [2.75, 3.05) is 31.6 Å². The Morgan fingerprint density at radius 2 is 2.22 bits per heavy atom. The number of carbonyl (C=O) groups is 1. The molecule has 2 aromatic heterocycles. The van der Waals surface area contributed by atoms with Gasteiger partial charge in [0.25, 0.3) is 0 Å². The number of pyridine rings is 1. The van der Waals surface area contributed by atoms with Crippen LogP contribution in [0.3, 0.4) is 0 Å². The average molecular weight is 442 g/mol. The van der Waals surface area contributed by atoms with E-state index in [0.717, 1.165) is 6.42 Å². The number of aryl methyl sites for hydroxylation is 1.